The van der Waals surface area contributed by atoms with Crippen LogP contribution < -0.4 is 10.9 Å². The number of fused-ring (bicyclic) bond motifs is 1. The molecule has 0 aliphatic carbocycles. The molecule has 1 fully saturated rings. The van der Waals surface area contributed by atoms with Crippen molar-refractivity contribution in [2.45, 2.75) is 26.1 Å². The van der Waals surface area contributed by atoms with E-state index in [2.05, 4.69) is 22.2 Å². The van der Waals surface area contributed by atoms with E-state index in [1.807, 2.05) is 11.4 Å². The van der Waals surface area contributed by atoms with Gasteiger partial charge in [-0.2, -0.15) is 0 Å². The van der Waals surface area contributed by atoms with E-state index >= 15 is 0 Å². The number of rotatable bonds is 3. The summed E-state index contributed by atoms with van der Waals surface area (Å²) in [5, 5.41) is 5.20. The number of nitrogens with one attached hydrogen (secondary N) is 2. The van der Waals surface area contributed by atoms with Gasteiger partial charge in [0.25, 0.3) is 5.56 Å². The Kier molecular flexibility index (Phi) is 3.63. The molecule has 102 valence electrons. The lowest BCUT2D eigenvalue weighted by atomic mass is 9.97. The van der Waals surface area contributed by atoms with Crippen LogP contribution in [0.25, 0.3) is 10.2 Å². The number of hydrogen-bond donors (Lipinski definition) is 2. The largest absolute Gasteiger partial charge is 0.369 e. The molecule has 5 nitrogen and oxygen atoms in total. The first kappa shape index (κ1) is 12.8. The summed E-state index contributed by atoms with van der Waals surface area (Å²) in [5.41, 5.74) is 0.676. The number of aromatic amines is 1. The van der Waals surface area contributed by atoms with Crippen LogP contribution in [0, 0.1) is 5.92 Å². The fourth-order valence-corrected chi connectivity index (χ4v) is 3.09. The van der Waals surface area contributed by atoms with Gasteiger partial charge in [-0.25, -0.2) is 4.98 Å². The van der Waals surface area contributed by atoms with Crippen molar-refractivity contribution in [3.63, 3.8) is 0 Å². The van der Waals surface area contributed by atoms with Crippen molar-refractivity contribution in [2.24, 2.45) is 5.92 Å². The van der Waals surface area contributed by atoms with Gasteiger partial charge in [0.05, 0.1) is 11.6 Å². The molecule has 1 aliphatic rings. The second-order valence-corrected chi connectivity index (χ2v) is 5.88. The van der Waals surface area contributed by atoms with Gasteiger partial charge in [-0.1, -0.05) is 6.92 Å². The highest BCUT2D eigenvalue weighted by Crippen LogP contribution is 2.17. The van der Waals surface area contributed by atoms with Gasteiger partial charge in [-0.3, -0.25) is 4.79 Å². The summed E-state index contributed by atoms with van der Waals surface area (Å²) in [4.78, 5) is 19.0. The van der Waals surface area contributed by atoms with Crippen molar-refractivity contribution in [3.8, 4) is 0 Å². The molecule has 19 heavy (non-hydrogen) atoms. The minimum atomic E-state index is -0.0755. The molecule has 0 amide bonds. The van der Waals surface area contributed by atoms with Crippen LogP contribution in [0.2, 0.25) is 0 Å². The first-order valence-corrected chi connectivity index (χ1v) is 7.41. The molecule has 1 aliphatic heterocycles. The Hall–Kier alpha value is -1.24. The Labute approximate surface area is 115 Å². The number of H-pyrrole nitrogens is 1. The summed E-state index contributed by atoms with van der Waals surface area (Å²) in [6.07, 6.45) is 1.32. The van der Waals surface area contributed by atoms with Crippen molar-refractivity contribution < 1.29 is 4.74 Å². The van der Waals surface area contributed by atoms with Crippen molar-refractivity contribution in [3.05, 3.63) is 27.6 Å². The van der Waals surface area contributed by atoms with Gasteiger partial charge in [-0.15, -0.1) is 11.3 Å². The van der Waals surface area contributed by atoms with E-state index in [1.165, 1.54) is 11.3 Å². The minimum Gasteiger partial charge on any atom is -0.369 e. The van der Waals surface area contributed by atoms with Gasteiger partial charge in [0.15, 0.2) is 0 Å². The molecule has 0 bridgehead atoms. The van der Waals surface area contributed by atoms with Gasteiger partial charge in [0.2, 0.25) is 0 Å². The van der Waals surface area contributed by atoms with Gasteiger partial charge in [0, 0.05) is 6.54 Å². The Morgan fingerprint density at radius 2 is 2.47 bits per heavy atom. The monoisotopic (exact) mass is 279 g/mol. The number of hydrogen-bond acceptors (Lipinski definition) is 5. The predicted octanol–water partition coefficient (Wildman–Crippen LogP) is 1.50. The number of piperidine rings is 1. The summed E-state index contributed by atoms with van der Waals surface area (Å²) < 4.78 is 6.55. The summed E-state index contributed by atoms with van der Waals surface area (Å²) in [7, 11) is 0. The highest BCUT2D eigenvalue weighted by Gasteiger charge is 2.21. The topological polar surface area (TPSA) is 67.0 Å². The smallest absolute Gasteiger partial charge is 0.268 e. The third-order valence-electron chi connectivity index (χ3n) is 3.55. The van der Waals surface area contributed by atoms with Gasteiger partial charge in [0.1, 0.15) is 17.1 Å². The minimum absolute atomic E-state index is 0.0755. The van der Waals surface area contributed by atoms with E-state index in [4.69, 9.17) is 4.74 Å². The van der Waals surface area contributed by atoms with Crippen LogP contribution in [-0.4, -0.2) is 29.2 Å². The van der Waals surface area contributed by atoms with Crippen molar-refractivity contribution in [2.75, 3.05) is 13.1 Å². The van der Waals surface area contributed by atoms with Crippen molar-refractivity contribution in [1.29, 1.82) is 0 Å². The highest BCUT2D eigenvalue weighted by molar-refractivity contribution is 7.17. The molecule has 6 heteroatoms. The maximum Gasteiger partial charge on any atom is 0.268 e. The van der Waals surface area contributed by atoms with Crippen LogP contribution in [0.3, 0.4) is 0 Å². The molecular formula is C13H17N3O2S. The maximum atomic E-state index is 11.8. The number of thiophene rings is 1. The van der Waals surface area contributed by atoms with E-state index in [0.717, 1.165) is 25.0 Å². The normalized spacial score (nSPS) is 23.8. The van der Waals surface area contributed by atoms with E-state index in [1.54, 1.807) is 0 Å². The maximum absolute atomic E-state index is 11.8. The van der Waals surface area contributed by atoms with Gasteiger partial charge >= 0.3 is 0 Å². The molecule has 1 saturated heterocycles. The average Bonchev–Trinajstić information content (AvgIpc) is 2.87. The van der Waals surface area contributed by atoms with Crippen LogP contribution >= 0.6 is 11.3 Å². The second-order valence-electron chi connectivity index (χ2n) is 4.97. The number of aromatic nitrogens is 2. The molecule has 2 aromatic heterocycles. The zero-order valence-electron chi connectivity index (χ0n) is 10.8. The van der Waals surface area contributed by atoms with E-state index < -0.39 is 0 Å². The van der Waals surface area contributed by atoms with Crippen LogP contribution in [0.4, 0.5) is 0 Å². The fourth-order valence-electron chi connectivity index (χ4n) is 2.36. The lowest BCUT2D eigenvalue weighted by Gasteiger charge is -2.29. The SMILES string of the molecule is CC1CCNCC1OCc1nc2ccsc2c(=O)[nH]1. The average molecular weight is 279 g/mol. The zero-order chi connectivity index (χ0) is 13.2. The first-order chi connectivity index (χ1) is 9.24. The molecule has 0 radical (unpaired) electrons. The Morgan fingerprint density at radius 1 is 1.58 bits per heavy atom. The summed E-state index contributed by atoms with van der Waals surface area (Å²) in [5.74, 6) is 1.14. The van der Waals surface area contributed by atoms with Crippen LogP contribution in [0.1, 0.15) is 19.2 Å². The molecule has 2 N–H and O–H groups in total. The third kappa shape index (κ3) is 2.70. The van der Waals surface area contributed by atoms with E-state index in [0.29, 0.717) is 23.0 Å². The second kappa shape index (κ2) is 5.40. The predicted molar refractivity (Wildman–Crippen MR) is 75.5 cm³/mol. The Morgan fingerprint density at radius 3 is 3.32 bits per heavy atom. The standard InChI is InChI=1S/C13H17N3O2S/c1-8-2-4-14-6-10(8)18-7-11-15-9-3-5-19-12(9)13(17)16-11/h3,5,8,10,14H,2,4,6-7H2,1H3,(H,15,16,17). The lowest BCUT2D eigenvalue weighted by Crippen LogP contribution is -2.41. The molecule has 3 rings (SSSR count). The van der Waals surface area contributed by atoms with Crippen LogP contribution in [0.5, 0.6) is 0 Å². The highest BCUT2D eigenvalue weighted by atomic mass is 32.1. The molecule has 0 saturated carbocycles. The third-order valence-corrected chi connectivity index (χ3v) is 4.46. The molecule has 2 aromatic rings. The lowest BCUT2D eigenvalue weighted by molar-refractivity contribution is -0.00941. The van der Waals surface area contributed by atoms with Gasteiger partial charge < -0.3 is 15.0 Å². The Balaban J connectivity index is 1.72. The summed E-state index contributed by atoms with van der Waals surface area (Å²) in [6.45, 7) is 4.48. The fraction of sp³-hybridized carbons (Fsp3) is 0.538. The summed E-state index contributed by atoms with van der Waals surface area (Å²) in [6, 6.07) is 1.86. The molecule has 2 unspecified atom stereocenters. The molecular weight excluding hydrogens is 262 g/mol. The first-order valence-electron chi connectivity index (χ1n) is 6.53. The van der Waals surface area contributed by atoms with Crippen LogP contribution in [-0.2, 0) is 11.3 Å². The molecule has 0 spiro atoms. The van der Waals surface area contributed by atoms with Crippen molar-refractivity contribution in [1.82, 2.24) is 15.3 Å². The quantitative estimate of drug-likeness (QED) is 0.893. The van der Waals surface area contributed by atoms with Crippen LogP contribution in [0.15, 0.2) is 16.2 Å². The Bertz CT molecular complexity index is 622. The molecule has 0 aromatic carbocycles. The van der Waals surface area contributed by atoms with E-state index in [9.17, 15) is 4.79 Å². The molecule has 2 atom stereocenters. The molecule has 3 heterocycles. The van der Waals surface area contributed by atoms with Gasteiger partial charge in [-0.05, 0) is 30.3 Å². The number of ether oxygens (including phenoxy) is 1. The van der Waals surface area contributed by atoms with Crippen molar-refractivity contribution >= 4 is 21.6 Å². The summed E-state index contributed by atoms with van der Waals surface area (Å²) >= 11 is 1.41. The van der Waals surface area contributed by atoms with E-state index in [-0.39, 0.29) is 11.7 Å². The number of nitrogens with zero attached hydrogens (tertiary/aromatic N) is 1. The zero-order valence-corrected chi connectivity index (χ0v) is 11.6.